The highest BCUT2D eigenvalue weighted by atomic mass is 16.1. The number of nitrogens with one attached hydrogen (secondary N) is 1. The quantitative estimate of drug-likeness (QED) is 0.657. The summed E-state index contributed by atoms with van der Waals surface area (Å²) in [6, 6.07) is 3.82. The molecule has 1 N–H and O–H groups in total. The van der Waals surface area contributed by atoms with Crippen molar-refractivity contribution in [3.8, 4) is 0 Å². The fraction of sp³-hybridized carbons (Fsp3) is 0.200. The van der Waals surface area contributed by atoms with Crippen LogP contribution in [0.25, 0.3) is 11.0 Å². The van der Waals surface area contributed by atoms with Crippen LogP contribution >= 0.6 is 0 Å². The third-order valence-corrected chi connectivity index (χ3v) is 2.60. The van der Waals surface area contributed by atoms with E-state index in [1.54, 1.807) is 6.33 Å². The number of imidazole rings is 1. The van der Waals surface area contributed by atoms with Crippen molar-refractivity contribution in [2.45, 2.75) is 12.8 Å². The summed E-state index contributed by atoms with van der Waals surface area (Å²) >= 11 is 0. The molecule has 0 atom stereocenters. The van der Waals surface area contributed by atoms with Crippen molar-refractivity contribution in [1.29, 1.82) is 0 Å². The van der Waals surface area contributed by atoms with Gasteiger partial charge in [0.2, 0.25) is 0 Å². The average Bonchev–Trinajstić information content (AvgIpc) is 2.70. The summed E-state index contributed by atoms with van der Waals surface area (Å²) < 4.78 is 0. The molecule has 0 spiro atoms. The predicted molar refractivity (Wildman–Crippen MR) is 48.7 cm³/mol. The van der Waals surface area contributed by atoms with Gasteiger partial charge in [0.15, 0.2) is 5.78 Å². The summed E-state index contributed by atoms with van der Waals surface area (Å²) in [6.07, 6.45) is 3.16. The molecule has 3 rings (SSSR count). The Labute approximate surface area is 74.8 Å². The molecule has 0 unspecified atom stereocenters. The summed E-state index contributed by atoms with van der Waals surface area (Å²) in [4.78, 5) is 18.7. The van der Waals surface area contributed by atoms with E-state index in [-0.39, 0.29) is 5.78 Å². The minimum Gasteiger partial charge on any atom is -0.345 e. The second kappa shape index (κ2) is 2.19. The highest BCUT2D eigenvalue weighted by molar-refractivity contribution is 6.04. The third-order valence-electron chi connectivity index (χ3n) is 2.60. The first-order chi connectivity index (χ1) is 6.36. The summed E-state index contributed by atoms with van der Waals surface area (Å²) in [5, 5.41) is 0. The number of carbonyl (C=O) groups is 1. The number of aromatic amines is 1. The van der Waals surface area contributed by atoms with E-state index in [0.717, 1.165) is 28.6 Å². The first-order valence-electron chi connectivity index (χ1n) is 4.34. The molecule has 3 heteroatoms. The van der Waals surface area contributed by atoms with Crippen LogP contribution in [0.4, 0.5) is 0 Å². The van der Waals surface area contributed by atoms with Gasteiger partial charge in [0.05, 0.1) is 17.4 Å². The number of fused-ring (bicyclic) bond motifs is 3. The molecule has 0 bridgehead atoms. The van der Waals surface area contributed by atoms with E-state index in [9.17, 15) is 4.79 Å². The maximum Gasteiger partial charge on any atom is 0.163 e. The van der Waals surface area contributed by atoms with Crippen LogP contribution in [-0.2, 0) is 6.42 Å². The second-order valence-electron chi connectivity index (χ2n) is 3.31. The lowest BCUT2D eigenvalue weighted by Crippen LogP contribution is -1.90. The molecule has 0 aliphatic heterocycles. The molecular formula is C10H8N2O. The topological polar surface area (TPSA) is 45.8 Å². The predicted octanol–water partition coefficient (Wildman–Crippen LogP) is 1.69. The molecular weight excluding hydrogens is 164 g/mol. The molecule has 0 amide bonds. The van der Waals surface area contributed by atoms with Crippen molar-refractivity contribution in [3.05, 3.63) is 29.6 Å². The van der Waals surface area contributed by atoms with E-state index in [2.05, 4.69) is 9.97 Å². The van der Waals surface area contributed by atoms with Gasteiger partial charge in [-0.1, -0.05) is 0 Å². The fourth-order valence-corrected chi connectivity index (χ4v) is 1.95. The summed E-state index contributed by atoms with van der Waals surface area (Å²) in [6.45, 7) is 0. The number of hydrogen-bond donors (Lipinski definition) is 1. The van der Waals surface area contributed by atoms with Crippen LogP contribution in [0.1, 0.15) is 22.3 Å². The number of rotatable bonds is 0. The van der Waals surface area contributed by atoms with Crippen LogP contribution < -0.4 is 0 Å². The SMILES string of the molecule is O=C1CCc2c1ccc1[nH]cnc21. The molecule has 1 aromatic carbocycles. The molecule has 1 aliphatic carbocycles. The molecule has 64 valence electrons. The maximum absolute atomic E-state index is 11.4. The van der Waals surface area contributed by atoms with Gasteiger partial charge in [0.1, 0.15) is 0 Å². The Bertz CT molecular complexity index is 499. The molecule has 0 saturated heterocycles. The standard InChI is InChI=1S/C10H8N2O/c13-9-4-2-7-6(9)1-3-8-10(7)12-5-11-8/h1,3,5H,2,4H2,(H,11,12). The number of H-pyrrole nitrogens is 1. The largest absolute Gasteiger partial charge is 0.345 e. The summed E-state index contributed by atoms with van der Waals surface area (Å²) in [5.74, 6) is 0.250. The Hall–Kier alpha value is -1.64. The number of aromatic nitrogens is 2. The molecule has 1 aromatic heterocycles. The lowest BCUT2D eigenvalue weighted by molar-refractivity contribution is 0.0994. The van der Waals surface area contributed by atoms with Crippen LogP contribution in [0, 0.1) is 0 Å². The van der Waals surface area contributed by atoms with Crippen molar-refractivity contribution in [2.24, 2.45) is 0 Å². The number of Topliss-reactive ketones (excluding diaryl/α,β-unsaturated/α-hetero) is 1. The maximum atomic E-state index is 11.4. The van der Waals surface area contributed by atoms with Crippen LogP contribution in [0.5, 0.6) is 0 Å². The fourth-order valence-electron chi connectivity index (χ4n) is 1.95. The van der Waals surface area contributed by atoms with Gasteiger partial charge < -0.3 is 4.98 Å². The molecule has 1 aliphatic rings. The molecule has 0 radical (unpaired) electrons. The Morgan fingerprint density at radius 2 is 2.23 bits per heavy atom. The van der Waals surface area contributed by atoms with E-state index < -0.39 is 0 Å². The van der Waals surface area contributed by atoms with Gasteiger partial charge in [0, 0.05) is 12.0 Å². The van der Waals surface area contributed by atoms with Gasteiger partial charge in [-0.25, -0.2) is 4.98 Å². The Balaban J connectivity index is 2.45. The lowest BCUT2D eigenvalue weighted by Gasteiger charge is -1.96. The van der Waals surface area contributed by atoms with E-state index >= 15 is 0 Å². The first kappa shape index (κ1) is 6.83. The molecule has 0 saturated carbocycles. The van der Waals surface area contributed by atoms with Crippen molar-refractivity contribution >= 4 is 16.8 Å². The average molecular weight is 172 g/mol. The smallest absolute Gasteiger partial charge is 0.163 e. The van der Waals surface area contributed by atoms with Crippen LogP contribution in [0.2, 0.25) is 0 Å². The zero-order valence-corrected chi connectivity index (χ0v) is 7.00. The zero-order valence-electron chi connectivity index (χ0n) is 7.00. The van der Waals surface area contributed by atoms with Gasteiger partial charge in [0.25, 0.3) is 0 Å². The van der Waals surface area contributed by atoms with Crippen LogP contribution in [0.3, 0.4) is 0 Å². The first-order valence-corrected chi connectivity index (χ1v) is 4.34. The van der Waals surface area contributed by atoms with Gasteiger partial charge in [-0.15, -0.1) is 0 Å². The normalized spacial score (nSPS) is 15.2. The number of carbonyl (C=O) groups excluding carboxylic acids is 1. The second-order valence-corrected chi connectivity index (χ2v) is 3.31. The van der Waals surface area contributed by atoms with Crippen molar-refractivity contribution in [3.63, 3.8) is 0 Å². The Kier molecular flexibility index (Phi) is 1.15. The Morgan fingerprint density at radius 1 is 1.31 bits per heavy atom. The van der Waals surface area contributed by atoms with Gasteiger partial charge in [-0.3, -0.25) is 4.79 Å². The highest BCUT2D eigenvalue weighted by Crippen LogP contribution is 2.27. The number of hydrogen-bond acceptors (Lipinski definition) is 2. The van der Waals surface area contributed by atoms with Gasteiger partial charge in [-0.2, -0.15) is 0 Å². The lowest BCUT2D eigenvalue weighted by atomic mass is 10.1. The Morgan fingerprint density at radius 3 is 3.15 bits per heavy atom. The summed E-state index contributed by atoms with van der Waals surface area (Å²) in [7, 11) is 0. The van der Waals surface area contributed by atoms with E-state index in [1.165, 1.54) is 0 Å². The number of benzene rings is 1. The van der Waals surface area contributed by atoms with Crippen LogP contribution in [0.15, 0.2) is 18.5 Å². The summed E-state index contributed by atoms with van der Waals surface area (Å²) in [5.41, 5.74) is 3.96. The molecule has 2 aromatic rings. The highest BCUT2D eigenvalue weighted by Gasteiger charge is 2.21. The third kappa shape index (κ3) is 0.786. The van der Waals surface area contributed by atoms with E-state index in [0.29, 0.717) is 6.42 Å². The zero-order chi connectivity index (χ0) is 8.84. The van der Waals surface area contributed by atoms with Crippen molar-refractivity contribution in [2.75, 3.05) is 0 Å². The number of nitrogens with zero attached hydrogens (tertiary/aromatic N) is 1. The number of aryl methyl sites for hydroxylation is 1. The molecule has 3 nitrogen and oxygen atoms in total. The van der Waals surface area contributed by atoms with Crippen molar-refractivity contribution in [1.82, 2.24) is 9.97 Å². The van der Waals surface area contributed by atoms with Crippen molar-refractivity contribution < 1.29 is 4.79 Å². The minimum absolute atomic E-state index is 0.250. The number of ketones is 1. The van der Waals surface area contributed by atoms with Gasteiger partial charge in [-0.05, 0) is 24.1 Å². The molecule has 0 fully saturated rings. The van der Waals surface area contributed by atoms with Crippen LogP contribution in [-0.4, -0.2) is 15.8 Å². The minimum atomic E-state index is 0.250. The van der Waals surface area contributed by atoms with Gasteiger partial charge >= 0.3 is 0 Å². The van der Waals surface area contributed by atoms with E-state index in [4.69, 9.17) is 0 Å². The monoisotopic (exact) mass is 172 g/mol. The molecule has 13 heavy (non-hydrogen) atoms. The van der Waals surface area contributed by atoms with E-state index in [1.807, 2.05) is 12.1 Å². The molecule has 1 heterocycles.